The van der Waals surface area contributed by atoms with E-state index in [1.807, 2.05) is 0 Å². The van der Waals surface area contributed by atoms with E-state index in [4.69, 9.17) is 5.21 Å². The van der Waals surface area contributed by atoms with Crippen molar-refractivity contribution in [3.63, 3.8) is 0 Å². The molecule has 2 bridgehead atoms. The summed E-state index contributed by atoms with van der Waals surface area (Å²) in [5.74, 6) is 1.10. The monoisotopic (exact) mass is 205 g/mol. The Morgan fingerprint density at radius 3 is 2.80 bits per heavy atom. The predicted molar refractivity (Wildman–Crippen MR) is 60.2 cm³/mol. The van der Waals surface area contributed by atoms with Gasteiger partial charge < -0.3 is 5.21 Å². The predicted octanol–water partition coefficient (Wildman–Crippen LogP) is 3.51. The molecule has 0 saturated heterocycles. The SMILES string of the molecule is O/N=C1\C2CCCC1C1=C(CCCC1)C2. The van der Waals surface area contributed by atoms with Crippen LogP contribution >= 0.6 is 0 Å². The second kappa shape index (κ2) is 3.66. The van der Waals surface area contributed by atoms with Gasteiger partial charge in [0, 0.05) is 11.8 Å². The summed E-state index contributed by atoms with van der Waals surface area (Å²) in [6, 6.07) is 0. The van der Waals surface area contributed by atoms with E-state index >= 15 is 0 Å². The van der Waals surface area contributed by atoms with E-state index < -0.39 is 0 Å². The number of hydrogen-bond acceptors (Lipinski definition) is 2. The van der Waals surface area contributed by atoms with Gasteiger partial charge in [0.05, 0.1) is 5.71 Å². The van der Waals surface area contributed by atoms with Gasteiger partial charge >= 0.3 is 0 Å². The zero-order valence-corrected chi connectivity index (χ0v) is 9.21. The fourth-order valence-electron chi connectivity index (χ4n) is 3.80. The Morgan fingerprint density at radius 1 is 1.07 bits per heavy atom. The number of oxime groups is 1. The first-order valence-electron chi connectivity index (χ1n) is 6.33. The molecular weight excluding hydrogens is 186 g/mol. The molecule has 0 aromatic carbocycles. The van der Waals surface area contributed by atoms with Crippen LogP contribution in [0.4, 0.5) is 0 Å². The van der Waals surface area contributed by atoms with Gasteiger partial charge in [-0.25, -0.2) is 0 Å². The van der Waals surface area contributed by atoms with Crippen molar-refractivity contribution in [1.29, 1.82) is 0 Å². The first-order chi connectivity index (χ1) is 7.40. The number of allylic oxidation sites excluding steroid dienone is 2. The fraction of sp³-hybridized carbons (Fsp3) is 0.769. The van der Waals surface area contributed by atoms with Crippen LogP contribution in [0.25, 0.3) is 0 Å². The lowest BCUT2D eigenvalue weighted by Crippen LogP contribution is -2.35. The Balaban J connectivity index is 2.00. The van der Waals surface area contributed by atoms with Gasteiger partial charge in [0.25, 0.3) is 0 Å². The summed E-state index contributed by atoms with van der Waals surface area (Å²) >= 11 is 0. The van der Waals surface area contributed by atoms with Crippen molar-refractivity contribution in [2.75, 3.05) is 0 Å². The molecule has 0 spiro atoms. The molecule has 0 amide bonds. The van der Waals surface area contributed by atoms with Crippen molar-refractivity contribution in [1.82, 2.24) is 0 Å². The van der Waals surface area contributed by atoms with E-state index in [1.165, 1.54) is 51.4 Å². The molecule has 2 atom stereocenters. The highest BCUT2D eigenvalue weighted by Crippen LogP contribution is 2.46. The fourth-order valence-corrected chi connectivity index (χ4v) is 3.80. The molecule has 2 heteroatoms. The van der Waals surface area contributed by atoms with Crippen LogP contribution in [0.2, 0.25) is 0 Å². The van der Waals surface area contributed by atoms with E-state index in [9.17, 15) is 0 Å². The third-order valence-corrected chi connectivity index (χ3v) is 4.48. The van der Waals surface area contributed by atoms with Gasteiger partial charge in [0.15, 0.2) is 0 Å². The van der Waals surface area contributed by atoms with E-state index in [2.05, 4.69) is 5.16 Å². The molecule has 0 aromatic rings. The van der Waals surface area contributed by atoms with Crippen LogP contribution in [0.3, 0.4) is 0 Å². The largest absolute Gasteiger partial charge is 0.411 e. The van der Waals surface area contributed by atoms with Gasteiger partial charge in [-0.2, -0.15) is 0 Å². The number of fused-ring (bicyclic) bond motifs is 3. The summed E-state index contributed by atoms with van der Waals surface area (Å²) in [5, 5.41) is 12.8. The van der Waals surface area contributed by atoms with E-state index in [1.54, 1.807) is 11.1 Å². The zero-order chi connectivity index (χ0) is 10.3. The Bertz CT molecular complexity index is 329. The smallest absolute Gasteiger partial charge is 0.0676 e. The van der Waals surface area contributed by atoms with Gasteiger partial charge in [-0.1, -0.05) is 22.7 Å². The first kappa shape index (κ1) is 9.44. The Kier molecular flexibility index (Phi) is 2.30. The standard InChI is InChI=1S/C13H19NO/c15-14-13-10-5-3-7-12(13)11-6-2-1-4-9(11)8-10/h10,12,15H,1-8H2/b14-13+. The minimum Gasteiger partial charge on any atom is -0.411 e. The van der Waals surface area contributed by atoms with Crippen molar-refractivity contribution >= 4 is 5.71 Å². The van der Waals surface area contributed by atoms with Crippen molar-refractivity contribution in [2.45, 2.75) is 51.4 Å². The van der Waals surface area contributed by atoms with Crippen LogP contribution in [0.5, 0.6) is 0 Å². The normalized spacial score (nSPS) is 38.0. The highest BCUT2D eigenvalue weighted by Gasteiger charge is 2.38. The topological polar surface area (TPSA) is 32.6 Å². The summed E-state index contributed by atoms with van der Waals surface area (Å²) < 4.78 is 0. The average Bonchev–Trinajstić information content (AvgIpc) is 2.28. The van der Waals surface area contributed by atoms with Gasteiger partial charge in [-0.05, 0) is 44.9 Å². The van der Waals surface area contributed by atoms with E-state index in [0.29, 0.717) is 11.8 Å². The number of rotatable bonds is 0. The zero-order valence-electron chi connectivity index (χ0n) is 9.21. The van der Waals surface area contributed by atoms with Crippen molar-refractivity contribution < 1.29 is 5.21 Å². The summed E-state index contributed by atoms with van der Waals surface area (Å²) in [6.45, 7) is 0. The minimum absolute atomic E-state index is 0.526. The van der Waals surface area contributed by atoms with Crippen molar-refractivity contribution in [2.24, 2.45) is 17.0 Å². The van der Waals surface area contributed by atoms with Gasteiger partial charge in [0.2, 0.25) is 0 Å². The second-order valence-electron chi connectivity index (χ2n) is 5.25. The average molecular weight is 205 g/mol. The lowest BCUT2D eigenvalue weighted by atomic mass is 9.64. The van der Waals surface area contributed by atoms with Crippen LogP contribution in [0, 0.1) is 11.8 Å². The van der Waals surface area contributed by atoms with Gasteiger partial charge in [0.1, 0.15) is 0 Å². The van der Waals surface area contributed by atoms with Gasteiger partial charge in [-0.15, -0.1) is 0 Å². The molecule has 3 aliphatic carbocycles. The maximum absolute atomic E-state index is 9.15. The third kappa shape index (κ3) is 1.42. The summed E-state index contributed by atoms with van der Waals surface area (Å²) in [6.07, 6.45) is 10.3. The van der Waals surface area contributed by atoms with Crippen LogP contribution in [0.15, 0.2) is 16.3 Å². The molecule has 0 aromatic heterocycles. The molecule has 0 heterocycles. The van der Waals surface area contributed by atoms with Crippen LogP contribution in [-0.4, -0.2) is 10.9 Å². The van der Waals surface area contributed by atoms with E-state index in [0.717, 1.165) is 5.71 Å². The highest BCUT2D eigenvalue weighted by molar-refractivity contribution is 5.93. The minimum atomic E-state index is 0.526. The van der Waals surface area contributed by atoms with Gasteiger partial charge in [-0.3, -0.25) is 0 Å². The maximum atomic E-state index is 9.15. The quantitative estimate of drug-likeness (QED) is 0.366. The van der Waals surface area contributed by atoms with E-state index in [-0.39, 0.29) is 0 Å². The third-order valence-electron chi connectivity index (χ3n) is 4.48. The molecule has 2 nitrogen and oxygen atoms in total. The Morgan fingerprint density at radius 2 is 1.93 bits per heavy atom. The second-order valence-corrected chi connectivity index (χ2v) is 5.25. The van der Waals surface area contributed by atoms with Crippen LogP contribution in [0.1, 0.15) is 51.4 Å². The number of hydrogen-bond donors (Lipinski definition) is 1. The van der Waals surface area contributed by atoms with Crippen molar-refractivity contribution in [3.05, 3.63) is 11.1 Å². The summed E-state index contributed by atoms with van der Waals surface area (Å²) in [7, 11) is 0. The highest BCUT2D eigenvalue weighted by atomic mass is 16.4. The summed E-state index contributed by atoms with van der Waals surface area (Å²) in [4.78, 5) is 0. The molecular formula is C13H19NO. The first-order valence-corrected chi connectivity index (χ1v) is 6.33. The molecule has 82 valence electrons. The molecule has 3 aliphatic rings. The van der Waals surface area contributed by atoms with Crippen LogP contribution < -0.4 is 0 Å². The molecule has 1 fully saturated rings. The Hall–Kier alpha value is -0.790. The molecule has 0 aliphatic heterocycles. The molecule has 15 heavy (non-hydrogen) atoms. The summed E-state index contributed by atoms with van der Waals surface area (Å²) in [5.41, 5.74) is 4.50. The molecule has 1 N–H and O–H groups in total. The maximum Gasteiger partial charge on any atom is 0.0676 e. The Labute approximate surface area is 91.1 Å². The molecule has 1 saturated carbocycles. The molecule has 3 rings (SSSR count). The lowest BCUT2D eigenvalue weighted by Gasteiger charge is -2.40. The van der Waals surface area contributed by atoms with Crippen LogP contribution in [-0.2, 0) is 0 Å². The number of nitrogens with zero attached hydrogens (tertiary/aromatic N) is 1. The van der Waals surface area contributed by atoms with Crippen molar-refractivity contribution in [3.8, 4) is 0 Å². The molecule has 2 unspecified atom stereocenters. The molecule has 0 radical (unpaired) electrons. The lowest BCUT2D eigenvalue weighted by molar-refractivity contribution is 0.298.